The Morgan fingerprint density at radius 1 is 1.09 bits per heavy atom. The lowest BCUT2D eigenvalue weighted by Crippen LogP contribution is -2.37. The number of carbonyl (C=O) groups is 3. The summed E-state index contributed by atoms with van der Waals surface area (Å²) in [5, 5.41) is 10.0. The third-order valence-electron chi connectivity index (χ3n) is 5.66. The standard InChI is InChI=1S/C24H27N5O4/c1-16-8-9-18(33-16)14-25-21(30)10-11-22(31)29-13-12-20-19(15-29)23(27-28(20)2)24(32)26-17-6-4-3-5-7-17/h3-9H,10-15H2,1-2H3,(H,25,30)(H,26,32). The van der Waals surface area contributed by atoms with Crippen molar-refractivity contribution in [3.8, 4) is 0 Å². The average Bonchev–Trinajstić information content (AvgIpc) is 3.39. The van der Waals surface area contributed by atoms with Gasteiger partial charge in [-0.05, 0) is 31.2 Å². The topological polar surface area (TPSA) is 109 Å². The van der Waals surface area contributed by atoms with Gasteiger partial charge in [0.05, 0.1) is 6.54 Å². The predicted octanol–water partition coefficient (Wildman–Crippen LogP) is 2.56. The van der Waals surface area contributed by atoms with Gasteiger partial charge in [0.1, 0.15) is 11.5 Å². The molecule has 1 aliphatic heterocycles. The number of fused-ring (bicyclic) bond motifs is 1. The molecule has 1 aliphatic rings. The molecule has 0 aliphatic carbocycles. The second kappa shape index (κ2) is 9.72. The van der Waals surface area contributed by atoms with Crippen molar-refractivity contribution in [3.05, 3.63) is 70.9 Å². The zero-order valence-corrected chi connectivity index (χ0v) is 18.8. The van der Waals surface area contributed by atoms with Gasteiger partial charge in [-0.3, -0.25) is 19.1 Å². The minimum Gasteiger partial charge on any atom is -0.465 e. The Balaban J connectivity index is 1.34. The van der Waals surface area contributed by atoms with E-state index in [9.17, 15) is 14.4 Å². The fraction of sp³-hybridized carbons (Fsp3) is 0.333. The molecule has 2 aromatic heterocycles. The van der Waals surface area contributed by atoms with Crippen LogP contribution in [0.1, 0.15) is 46.1 Å². The zero-order valence-electron chi connectivity index (χ0n) is 18.8. The minimum atomic E-state index is -0.306. The number of hydrogen-bond donors (Lipinski definition) is 2. The molecule has 0 radical (unpaired) electrons. The number of rotatable bonds is 7. The first-order chi connectivity index (χ1) is 15.9. The van der Waals surface area contributed by atoms with Crippen LogP contribution in [0.25, 0.3) is 0 Å². The lowest BCUT2D eigenvalue weighted by atomic mass is 10.0. The van der Waals surface area contributed by atoms with E-state index in [2.05, 4.69) is 15.7 Å². The number of hydrogen-bond acceptors (Lipinski definition) is 5. The maximum absolute atomic E-state index is 12.8. The monoisotopic (exact) mass is 449 g/mol. The molecule has 0 atom stereocenters. The van der Waals surface area contributed by atoms with Crippen LogP contribution in [-0.2, 0) is 36.1 Å². The number of anilines is 1. The number of aryl methyl sites for hydroxylation is 2. The van der Waals surface area contributed by atoms with Gasteiger partial charge in [0.25, 0.3) is 5.91 Å². The number of amides is 3. The van der Waals surface area contributed by atoms with Crippen LogP contribution in [0.3, 0.4) is 0 Å². The number of carbonyl (C=O) groups excluding carboxylic acids is 3. The van der Waals surface area contributed by atoms with Crippen molar-refractivity contribution in [3.63, 3.8) is 0 Å². The van der Waals surface area contributed by atoms with E-state index in [1.807, 2.05) is 37.3 Å². The minimum absolute atomic E-state index is 0.0935. The fourth-order valence-electron chi connectivity index (χ4n) is 3.93. The van der Waals surface area contributed by atoms with Crippen LogP contribution in [0.15, 0.2) is 46.9 Å². The highest BCUT2D eigenvalue weighted by Crippen LogP contribution is 2.24. The van der Waals surface area contributed by atoms with Gasteiger partial charge in [-0.25, -0.2) is 0 Å². The van der Waals surface area contributed by atoms with E-state index in [-0.39, 0.29) is 30.6 Å². The zero-order chi connectivity index (χ0) is 23.4. The van der Waals surface area contributed by atoms with Crippen LogP contribution in [0.2, 0.25) is 0 Å². The molecule has 2 N–H and O–H groups in total. The summed E-state index contributed by atoms with van der Waals surface area (Å²) >= 11 is 0. The first-order valence-corrected chi connectivity index (χ1v) is 10.9. The third-order valence-corrected chi connectivity index (χ3v) is 5.66. The molecule has 0 bridgehead atoms. The molecule has 172 valence electrons. The van der Waals surface area contributed by atoms with Crippen molar-refractivity contribution in [2.24, 2.45) is 7.05 Å². The fourth-order valence-corrected chi connectivity index (χ4v) is 3.93. The molecule has 9 nitrogen and oxygen atoms in total. The van der Waals surface area contributed by atoms with E-state index in [0.717, 1.165) is 17.0 Å². The highest BCUT2D eigenvalue weighted by molar-refractivity contribution is 6.04. The highest BCUT2D eigenvalue weighted by Gasteiger charge is 2.29. The average molecular weight is 450 g/mol. The van der Waals surface area contributed by atoms with Gasteiger partial charge >= 0.3 is 0 Å². The molecular formula is C24H27N5O4. The lowest BCUT2D eigenvalue weighted by molar-refractivity contribution is -0.134. The molecule has 1 aromatic carbocycles. The van der Waals surface area contributed by atoms with Crippen molar-refractivity contribution in [1.29, 1.82) is 0 Å². The summed E-state index contributed by atoms with van der Waals surface area (Å²) in [4.78, 5) is 39.4. The Morgan fingerprint density at radius 2 is 1.88 bits per heavy atom. The van der Waals surface area contributed by atoms with Gasteiger partial charge in [0.2, 0.25) is 11.8 Å². The first kappa shape index (κ1) is 22.3. The Kier molecular flexibility index (Phi) is 6.58. The molecule has 3 heterocycles. The SMILES string of the molecule is Cc1ccc(CNC(=O)CCC(=O)N2CCc3c(c(C(=O)Nc4ccccc4)nn3C)C2)o1. The van der Waals surface area contributed by atoms with Crippen molar-refractivity contribution in [1.82, 2.24) is 20.0 Å². The van der Waals surface area contributed by atoms with Crippen LogP contribution in [-0.4, -0.2) is 38.9 Å². The van der Waals surface area contributed by atoms with Gasteiger partial charge in [-0.2, -0.15) is 5.10 Å². The molecule has 3 aromatic rings. The Morgan fingerprint density at radius 3 is 2.61 bits per heavy atom. The van der Waals surface area contributed by atoms with Gasteiger partial charge in [0.15, 0.2) is 5.69 Å². The lowest BCUT2D eigenvalue weighted by Gasteiger charge is -2.27. The molecule has 0 spiro atoms. The molecule has 0 fully saturated rings. The van der Waals surface area contributed by atoms with Crippen molar-refractivity contribution < 1.29 is 18.8 Å². The maximum Gasteiger partial charge on any atom is 0.276 e. The van der Waals surface area contributed by atoms with Crippen molar-refractivity contribution >= 4 is 23.4 Å². The highest BCUT2D eigenvalue weighted by atomic mass is 16.3. The summed E-state index contributed by atoms with van der Waals surface area (Å²) in [5.74, 6) is 0.821. The molecule has 3 amide bonds. The number of para-hydroxylation sites is 1. The van der Waals surface area contributed by atoms with E-state index in [1.165, 1.54) is 0 Å². The molecular weight excluding hydrogens is 422 g/mol. The van der Waals surface area contributed by atoms with E-state index in [4.69, 9.17) is 4.42 Å². The number of aromatic nitrogens is 2. The Hall–Kier alpha value is -3.88. The molecule has 9 heteroatoms. The van der Waals surface area contributed by atoms with Gasteiger partial charge in [-0.1, -0.05) is 18.2 Å². The van der Waals surface area contributed by atoms with E-state index in [0.29, 0.717) is 43.2 Å². The molecule has 0 unspecified atom stereocenters. The summed E-state index contributed by atoms with van der Waals surface area (Å²) in [6.07, 6.45) is 0.799. The summed E-state index contributed by atoms with van der Waals surface area (Å²) < 4.78 is 7.14. The van der Waals surface area contributed by atoms with Gasteiger partial charge in [-0.15, -0.1) is 0 Å². The molecule has 0 saturated carbocycles. The van der Waals surface area contributed by atoms with Crippen molar-refractivity contribution in [2.75, 3.05) is 11.9 Å². The largest absolute Gasteiger partial charge is 0.465 e. The van der Waals surface area contributed by atoms with Crippen LogP contribution < -0.4 is 10.6 Å². The van der Waals surface area contributed by atoms with E-state index < -0.39 is 0 Å². The summed E-state index contributed by atoms with van der Waals surface area (Å²) in [5.41, 5.74) is 2.70. The third kappa shape index (κ3) is 5.31. The first-order valence-electron chi connectivity index (χ1n) is 10.9. The van der Waals surface area contributed by atoms with Gasteiger partial charge in [0, 0.05) is 56.3 Å². The summed E-state index contributed by atoms with van der Waals surface area (Å²) in [6.45, 7) is 2.96. The number of furan rings is 1. The number of nitrogens with zero attached hydrogens (tertiary/aromatic N) is 3. The quantitative estimate of drug-likeness (QED) is 0.576. The molecule has 0 saturated heterocycles. The smallest absolute Gasteiger partial charge is 0.276 e. The van der Waals surface area contributed by atoms with Crippen LogP contribution >= 0.6 is 0 Å². The van der Waals surface area contributed by atoms with Crippen molar-refractivity contribution in [2.45, 2.75) is 39.3 Å². The molecule has 33 heavy (non-hydrogen) atoms. The van der Waals surface area contributed by atoms with Gasteiger partial charge < -0.3 is 20.0 Å². The Bertz CT molecular complexity index is 1160. The number of benzene rings is 1. The van der Waals surface area contributed by atoms with Crippen LogP contribution in [0, 0.1) is 6.92 Å². The number of nitrogens with one attached hydrogen (secondary N) is 2. The Labute approximate surface area is 191 Å². The van der Waals surface area contributed by atoms with E-state index >= 15 is 0 Å². The van der Waals surface area contributed by atoms with Crippen LogP contribution in [0.5, 0.6) is 0 Å². The predicted molar refractivity (Wildman–Crippen MR) is 121 cm³/mol. The summed E-state index contributed by atoms with van der Waals surface area (Å²) in [7, 11) is 1.81. The maximum atomic E-state index is 12.8. The second-order valence-electron chi connectivity index (χ2n) is 8.07. The summed E-state index contributed by atoms with van der Waals surface area (Å²) in [6, 6.07) is 12.8. The van der Waals surface area contributed by atoms with Crippen LogP contribution in [0.4, 0.5) is 5.69 Å². The molecule has 4 rings (SSSR count). The normalized spacial score (nSPS) is 12.8. The van der Waals surface area contributed by atoms with E-state index in [1.54, 1.807) is 28.8 Å². The second-order valence-corrected chi connectivity index (χ2v) is 8.07.